The lowest BCUT2D eigenvalue weighted by Crippen LogP contribution is -2.39. The monoisotopic (exact) mass is 353 g/mol. The van der Waals surface area contributed by atoms with Crippen molar-refractivity contribution in [1.82, 2.24) is 9.78 Å². The second-order valence-electron chi connectivity index (χ2n) is 7.39. The standard InChI is InChI=1S/C21H27N3O2/c1-4-17-16-11-12-23(18-13-14(2)9-10-19(18)26-3)21(25)20(16)24(22-17)15-7-5-6-8-15/h9-10,13,15H,4-8,11-12H2,1-3H3. The van der Waals surface area contributed by atoms with Crippen molar-refractivity contribution in [1.29, 1.82) is 0 Å². The highest BCUT2D eigenvalue weighted by Gasteiger charge is 2.35. The summed E-state index contributed by atoms with van der Waals surface area (Å²) in [5.41, 5.74) is 5.05. The van der Waals surface area contributed by atoms with E-state index in [1.54, 1.807) is 7.11 Å². The van der Waals surface area contributed by atoms with Crippen LogP contribution in [0.5, 0.6) is 5.75 Å². The summed E-state index contributed by atoms with van der Waals surface area (Å²) in [6.45, 7) is 4.85. The molecule has 1 saturated carbocycles. The van der Waals surface area contributed by atoms with Crippen LogP contribution in [0, 0.1) is 6.92 Å². The predicted octanol–water partition coefficient (Wildman–Crippen LogP) is 4.08. The number of aromatic nitrogens is 2. The second-order valence-corrected chi connectivity index (χ2v) is 7.39. The summed E-state index contributed by atoms with van der Waals surface area (Å²) in [6, 6.07) is 6.37. The minimum Gasteiger partial charge on any atom is -0.495 e. The van der Waals surface area contributed by atoms with Crippen molar-refractivity contribution in [3.63, 3.8) is 0 Å². The van der Waals surface area contributed by atoms with Crippen LogP contribution in [-0.2, 0) is 12.8 Å². The van der Waals surface area contributed by atoms with Gasteiger partial charge in [0.15, 0.2) is 0 Å². The molecular formula is C21H27N3O2. The van der Waals surface area contributed by atoms with Crippen molar-refractivity contribution < 1.29 is 9.53 Å². The maximum absolute atomic E-state index is 13.5. The lowest BCUT2D eigenvalue weighted by atomic mass is 10.0. The number of nitrogens with zero attached hydrogens (tertiary/aromatic N) is 3. The van der Waals surface area contributed by atoms with Crippen LogP contribution in [0.2, 0.25) is 0 Å². The number of hydrogen-bond donors (Lipinski definition) is 0. The quantitative estimate of drug-likeness (QED) is 0.832. The van der Waals surface area contributed by atoms with E-state index in [1.165, 1.54) is 12.8 Å². The average Bonchev–Trinajstić information content (AvgIpc) is 3.29. The third kappa shape index (κ3) is 2.70. The predicted molar refractivity (Wildman–Crippen MR) is 102 cm³/mol. The number of anilines is 1. The van der Waals surface area contributed by atoms with Crippen LogP contribution in [0.1, 0.15) is 66.0 Å². The molecule has 0 radical (unpaired) electrons. The fourth-order valence-electron chi connectivity index (χ4n) is 4.40. The van der Waals surface area contributed by atoms with E-state index in [9.17, 15) is 4.79 Å². The minimum absolute atomic E-state index is 0.0641. The molecule has 5 heteroatoms. The topological polar surface area (TPSA) is 47.4 Å². The summed E-state index contributed by atoms with van der Waals surface area (Å²) in [5.74, 6) is 0.810. The van der Waals surface area contributed by atoms with Crippen molar-refractivity contribution in [2.75, 3.05) is 18.6 Å². The molecule has 138 valence electrons. The van der Waals surface area contributed by atoms with Crippen LogP contribution in [0.4, 0.5) is 5.69 Å². The van der Waals surface area contributed by atoms with Crippen LogP contribution in [-0.4, -0.2) is 29.3 Å². The minimum atomic E-state index is 0.0641. The first-order valence-electron chi connectivity index (χ1n) is 9.70. The molecule has 2 aromatic rings. The number of hydrogen-bond acceptors (Lipinski definition) is 3. The molecule has 2 heterocycles. The molecule has 0 spiro atoms. The summed E-state index contributed by atoms with van der Waals surface area (Å²) in [6.07, 6.45) is 6.43. The molecule has 1 fully saturated rings. The highest BCUT2D eigenvalue weighted by molar-refractivity contribution is 6.08. The Labute approximate surface area is 154 Å². The van der Waals surface area contributed by atoms with Crippen LogP contribution in [0.15, 0.2) is 18.2 Å². The molecule has 1 aromatic heterocycles. The number of carbonyl (C=O) groups excluding carboxylic acids is 1. The SMILES string of the molecule is CCc1nn(C2CCCC2)c2c1CCN(c1cc(C)ccc1OC)C2=O. The van der Waals surface area contributed by atoms with E-state index in [4.69, 9.17) is 9.84 Å². The van der Waals surface area contributed by atoms with E-state index < -0.39 is 0 Å². The van der Waals surface area contributed by atoms with E-state index >= 15 is 0 Å². The molecule has 0 atom stereocenters. The number of rotatable bonds is 4. The number of amides is 1. The first-order valence-corrected chi connectivity index (χ1v) is 9.70. The number of methoxy groups -OCH3 is 1. The average molecular weight is 353 g/mol. The van der Waals surface area contributed by atoms with E-state index in [2.05, 4.69) is 11.6 Å². The molecular weight excluding hydrogens is 326 g/mol. The van der Waals surface area contributed by atoms with E-state index in [1.807, 2.05) is 30.0 Å². The molecule has 1 amide bonds. The van der Waals surface area contributed by atoms with Crippen LogP contribution < -0.4 is 9.64 Å². The molecule has 4 rings (SSSR count). The summed E-state index contributed by atoms with van der Waals surface area (Å²) >= 11 is 0. The van der Waals surface area contributed by atoms with Gasteiger partial charge in [0.2, 0.25) is 0 Å². The van der Waals surface area contributed by atoms with Gasteiger partial charge in [-0.25, -0.2) is 0 Å². The molecule has 0 saturated heterocycles. The summed E-state index contributed by atoms with van der Waals surface area (Å²) in [7, 11) is 1.66. The zero-order valence-electron chi connectivity index (χ0n) is 15.9. The second kappa shape index (κ2) is 6.78. The number of benzene rings is 1. The fraction of sp³-hybridized carbons (Fsp3) is 0.524. The van der Waals surface area contributed by atoms with Gasteiger partial charge in [-0.2, -0.15) is 5.10 Å². The Bertz CT molecular complexity index is 834. The van der Waals surface area contributed by atoms with Gasteiger partial charge in [0.1, 0.15) is 11.4 Å². The van der Waals surface area contributed by atoms with Crippen molar-refractivity contribution in [3.8, 4) is 5.75 Å². The van der Waals surface area contributed by atoms with Crippen molar-refractivity contribution in [2.24, 2.45) is 0 Å². The number of aryl methyl sites for hydroxylation is 2. The summed E-state index contributed by atoms with van der Waals surface area (Å²) < 4.78 is 7.58. The van der Waals surface area contributed by atoms with Crippen LogP contribution >= 0.6 is 0 Å². The smallest absolute Gasteiger partial charge is 0.276 e. The third-order valence-electron chi connectivity index (χ3n) is 5.76. The highest BCUT2D eigenvalue weighted by atomic mass is 16.5. The zero-order valence-corrected chi connectivity index (χ0v) is 15.9. The number of ether oxygens (including phenoxy) is 1. The Hall–Kier alpha value is -2.30. The Kier molecular flexibility index (Phi) is 4.47. The fourth-order valence-corrected chi connectivity index (χ4v) is 4.40. The van der Waals surface area contributed by atoms with Gasteiger partial charge in [-0.05, 0) is 50.3 Å². The third-order valence-corrected chi connectivity index (χ3v) is 5.76. The summed E-state index contributed by atoms with van der Waals surface area (Å²) in [4.78, 5) is 15.4. The van der Waals surface area contributed by atoms with Gasteiger partial charge < -0.3 is 9.64 Å². The van der Waals surface area contributed by atoms with Crippen molar-refractivity contribution in [2.45, 2.75) is 58.4 Å². The molecule has 26 heavy (non-hydrogen) atoms. The molecule has 5 nitrogen and oxygen atoms in total. The van der Waals surface area contributed by atoms with Crippen LogP contribution in [0.3, 0.4) is 0 Å². The Morgan fingerprint density at radius 2 is 2.04 bits per heavy atom. The van der Waals surface area contributed by atoms with Gasteiger partial charge >= 0.3 is 0 Å². The Morgan fingerprint density at radius 1 is 1.27 bits per heavy atom. The van der Waals surface area contributed by atoms with E-state index in [0.29, 0.717) is 12.6 Å². The summed E-state index contributed by atoms with van der Waals surface area (Å²) in [5, 5.41) is 4.87. The maximum atomic E-state index is 13.5. The van der Waals surface area contributed by atoms with Crippen molar-refractivity contribution in [3.05, 3.63) is 40.7 Å². The highest BCUT2D eigenvalue weighted by Crippen LogP contribution is 2.37. The molecule has 1 aliphatic carbocycles. The molecule has 0 unspecified atom stereocenters. The lowest BCUT2D eigenvalue weighted by Gasteiger charge is -2.30. The Morgan fingerprint density at radius 3 is 2.73 bits per heavy atom. The van der Waals surface area contributed by atoms with Gasteiger partial charge in [-0.15, -0.1) is 0 Å². The molecule has 2 aliphatic rings. The van der Waals surface area contributed by atoms with Gasteiger partial charge in [0, 0.05) is 12.1 Å². The molecule has 0 N–H and O–H groups in total. The van der Waals surface area contributed by atoms with Gasteiger partial charge in [0.05, 0.1) is 24.5 Å². The maximum Gasteiger partial charge on any atom is 0.276 e. The van der Waals surface area contributed by atoms with Crippen molar-refractivity contribution >= 4 is 11.6 Å². The first kappa shape index (κ1) is 17.1. The van der Waals surface area contributed by atoms with Gasteiger partial charge in [0.25, 0.3) is 5.91 Å². The molecule has 0 bridgehead atoms. The van der Waals surface area contributed by atoms with E-state index in [-0.39, 0.29) is 5.91 Å². The Balaban J connectivity index is 1.79. The lowest BCUT2D eigenvalue weighted by molar-refractivity contribution is 0.0966. The molecule has 1 aliphatic heterocycles. The zero-order chi connectivity index (χ0) is 18.3. The van der Waals surface area contributed by atoms with Gasteiger partial charge in [-0.1, -0.05) is 25.8 Å². The number of carbonyl (C=O) groups is 1. The number of fused-ring (bicyclic) bond motifs is 1. The van der Waals surface area contributed by atoms with Gasteiger partial charge in [-0.3, -0.25) is 9.48 Å². The molecule has 1 aromatic carbocycles. The first-order chi connectivity index (χ1) is 12.6. The van der Waals surface area contributed by atoms with E-state index in [0.717, 1.165) is 59.6 Å². The normalized spacial score (nSPS) is 17.7. The largest absolute Gasteiger partial charge is 0.495 e. The van der Waals surface area contributed by atoms with Crippen LogP contribution in [0.25, 0.3) is 0 Å².